The summed E-state index contributed by atoms with van der Waals surface area (Å²) >= 11 is 0. The summed E-state index contributed by atoms with van der Waals surface area (Å²) in [5.74, 6) is 2.23. The lowest BCUT2D eigenvalue weighted by Gasteiger charge is -2.11. The third kappa shape index (κ3) is 4.89. The summed E-state index contributed by atoms with van der Waals surface area (Å²) in [6.45, 7) is 3.80. The SMILES string of the molecule is Cc1ccccc1OCCCC(=O)Nc1ccc2c(c1)OCCCO2. The average molecular weight is 341 g/mol. The zero-order chi connectivity index (χ0) is 17.5. The van der Waals surface area contributed by atoms with E-state index in [1.807, 2.05) is 49.4 Å². The van der Waals surface area contributed by atoms with Crippen LogP contribution >= 0.6 is 0 Å². The Labute approximate surface area is 147 Å². The van der Waals surface area contributed by atoms with Gasteiger partial charge in [-0.05, 0) is 37.1 Å². The van der Waals surface area contributed by atoms with Gasteiger partial charge in [0.05, 0.1) is 19.8 Å². The third-order valence-electron chi connectivity index (χ3n) is 3.93. The molecule has 25 heavy (non-hydrogen) atoms. The zero-order valence-corrected chi connectivity index (χ0v) is 14.4. The van der Waals surface area contributed by atoms with Crippen LogP contribution in [0.5, 0.6) is 17.2 Å². The lowest BCUT2D eigenvalue weighted by molar-refractivity contribution is -0.116. The molecule has 0 unspecified atom stereocenters. The number of amides is 1. The van der Waals surface area contributed by atoms with Crippen molar-refractivity contribution < 1.29 is 19.0 Å². The van der Waals surface area contributed by atoms with Crippen molar-refractivity contribution in [1.29, 1.82) is 0 Å². The van der Waals surface area contributed by atoms with Gasteiger partial charge in [0.25, 0.3) is 0 Å². The highest BCUT2D eigenvalue weighted by atomic mass is 16.5. The van der Waals surface area contributed by atoms with Gasteiger partial charge in [-0.3, -0.25) is 4.79 Å². The van der Waals surface area contributed by atoms with Crippen molar-refractivity contribution in [1.82, 2.24) is 0 Å². The Hall–Kier alpha value is -2.69. The van der Waals surface area contributed by atoms with E-state index in [2.05, 4.69) is 5.32 Å². The van der Waals surface area contributed by atoms with E-state index >= 15 is 0 Å². The van der Waals surface area contributed by atoms with Crippen LogP contribution < -0.4 is 19.5 Å². The molecule has 0 saturated carbocycles. The highest BCUT2D eigenvalue weighted by molar-refractivity contribution is 5.91. The summed E-state index contributed by atoms with van der Waals surface area (Å²) in [6.07, 6.45) is 1.92. The molecule has 0 atom stereocenters. The van der Waals surface area contributed by atoms with E-state index in [1.54, 1.807) is 0 Å². The molecule has 0 aromatic heterocycles. The molecule has 0 fully saturated rings. The lowest BCUT2D eigenvalue weighted by atomic mass is 10.2. The van der Waals surface area contributed by atoms with E-state index < -0.39 is 0 Å². The molecule has 1 aliphatic heterocycles. The molecule has 0 aliphatic carbocycles. The number of aryl methyl sites for hydroxylation is 1. The van der Waals surface area contributed by atoms with Crippen LogP contribution in [0, 0.1) is 6.92 Å². The minimum absolute atomic E-state index is 0.0390. The summed E-state index contributed by atoms with van der Waals surface area (Å²) in [5, 5.41) is 2.89. The van der Waals surface area contributed by atoms with E-state index in [1.165, 1.54) is 0 Å². The Balaban J connectivity index is 1.45. The summed E-state index contributed by atoms with van der Waals surface area (Å²) < 4.78 is 16.9. The van der Waals surface area contributed by atoms with Crippen LogP contribution in [0.2, 0.25) is 0 Å². The molecule has 0 radical (unpaired) electrons. The molecule has 0 spiro atoms. The fourth-order valence-corrected chi connectivity index (χ4v) is 2.60. The monoisotopic (exact) mass is 341 g/mol. The molecular formula is C20H23NO4. The fourth-order valence-electron chi connectivity index (χ4n) is 2.60. The highest BCUT2D eigenvalue weighted by Crippen LogP contribution is 2.32. The molecule has 3 rings (SSSR count). The smallest absolute Gasteiger partial charge is 0.224 e. The predicted octanol–water partition coefficient (Wildman–Crippen LogP) is 3.95. The topological polar surface area (TPSA) is 56.8 Å². The third-order valence-corrected chi connectivity index (χ3v) is 3.93. The first-order valence-electron chi connectivity index (χ1n) is 8.60. The number of rotatable bonds is 6. The first kappa shape index (κ1) is 17.1. The van der Waals surface area contributed by atoms with Crippen LogP contribution in [0.1, 0.15) is 24.8 Å². The Morgan fingerprint density at radius 1 is 1.12 bits per heavy atom. The highest BCUT2D eigenvalue weighted by Gasteiger charge is 2.12. The quantitative estimate of drug-likeness (QED) is 0.808. The second-order valence-corrected chi connectivity index (χ2v) is 5.98. The number of anilines is 1. The number of carbonyl (C=O) groups is 1. The first-order valence-corrected chi connectivity index (χ1v) is 8.60. The van der Waals surface area contributed by atoms with Crippen molar-refractivity contribution in [2.24, 2.45) is 0 Å². The molecule has 2 aromatic rings. The van der Waals surface area contributed by atoms with Crippen molar-refractivity contribution >= 4 is 11.6 Å². The molecule has 1 amide bonds. The van der Waals surface area contributed by atoms with Gasteiger partial charge in [-0.15, -0.1) is 0 Å². The van der Waals surface area contributed by atoms with Gasteiger partial charge >= 0.3 is 0 Å². The van der Waals surface area contributed by atoms with Crippen LogP contribution in [0.3, 0.4) is 0 Å². The largest absolute Gasteiger partial charge is 0.493 e. The van der Waals surface area contributed by atoms with E-state index in [9.17, 15) is 4.79 Å². The number of ether oxygens (including phenoxy) is 3. The Morgan fingerprint density at radius 2 is 1.92 bits per heavy atom. The van der Waals surface area contributed by atoms with Gasteiger partial charge < -0.3 is 19.5 Å². The molecule has 5 heteroatoms. The molecular weight excluding hydrogens is 318 g/mol. The normalized spacial score (nSPS) is 13.0. The number of hydrogen-bond donors (Lipinski definition) is 1. The Bertz CT molecular complexity index is 729. The van der Waals surface area contributed by atoms with Crippen molar-refractivity contribution in [3.8, 4) is 17.2 Å². The number of hydrogen-bond acceptors (Lipinski definition) is 4. The van der Waals surface area contributed by atoms with Crippen LogP contribution in [-0.2, 0) is 4.79 Å². The summed E-state index contributed by atoms with van der Waals surface area (Å²) in [7, 11) is 0. The van der Waals surface area contributed by atoms with Crippen LogP contribution in [0.25, 0.3) is 0 Å². The maximum atomic E-state index is 12.1. The molecule has 5 nitrogen and oxygen atoms in total. The molecule has 1 aliphatic rings. The number of para-hydroxylation sites is 1. The zero-order valence-electron chi connectivity index (χ0n) is 14.4. The number of nitrogens with one attached hydrogen (secondary N) is 1. The standard InChI is InChI=1S/C20H23NO4/c1-15-6-2-3-7-17(15)23-11-4-8-20(22)21-16-9-10-18-19(14-16)25-13-5-12-24-18/h2-3,6-7,9-10,14H,4-5,8,11-13H2,1H3,(H,21,22). The second-order valence-electron chi connectivity index (χ2n) is 5.98. The van der Waals surface area contributed by atoms with Gasteiger partial charge in [-0.25, -0.2) is 0 Å². The Kier molecular flexibility index (Phi) is 5.77. The van der Waals surface area contributed by atoms with Gasteiger partial charge in [-0.1, -0.05) is 18.2 Å². The maximum Gasteiger partial charge on any atom is 0.224 e. The molecule has 132 valence electrons. The van der Waals surface area contributed by atoms with Crippen molar-refractivity contribution in [3.63, 3.8) is 0 Å². The van der Waals surface area contributed by atoms with Crippen molar-refractivity contribution in [2.45, 2.75) is 26.2 Å². The van der Waals surface area contributed by atoms with Crippen molar-refractivity contribution in [2.75, 3.05) is 25.1 Å². The molecule has 2 aromatic carbocycles. The van der Waals surface area contributed by atoms with E-state index in [0.717, 1.165) is 23.5 Å². The predicted molar refractivity (Wildman–Crippen MR) is 96.6 cm³/mol. The van der Waals surface area contributed by atoms with Gasteiger partial charge in [0.1, 0.15) is 5.75 Å². The molecule has 1 heterocycles. The molecule has 1 N–H and O–H groups in total. The van der Waals surface area contributed by atoms with Crippen LogP contribution in [0.4, 0.5) is 5.69 Å². The average Bonchev–Trinajstić information content (AvgIpc) is 2.85. The number of benzene rings is 2. The van der Waals surface area contributed by atoms with E-state index in [4.69, 9.17) is 14.2 Å². The van der Waals surface area contributed by atoms with Gasteiger partial charge in [0.15, 0.2) is 11.5 Å². The summed E-state index contributed by atoms with van der Waals surface area (Å²) in [5.41, 5.74) is 1.81. The van der Waals surface area contributed by atoms with Crippen molar-refractivity contribution in [3.05, 3.63) is 48.0 Å². The minimum atomic E-state index is -0.0390. The van der Waals surface area contributed by atoms with Gasteiger partial charge in [-0.2, -0.15) is 0 Å². The second kappa shape index (κ2) is 8.42. The summed E-state index contributed by atoms with van der Waals surface area (Å²) in [4.78, 5) is 12.1. The van der Waals surface area contributed by atoms with Gasteiger partial charge in [0, 0.05) is 24.6 Å². The number of fused-ring (bicyclic) bond motifs is 1. The van der Waals surface area contributed by atoms with Crippen LogP contribution in [-0.4, -0.2) is 25.7 Å². The van der Waals surface area contributed by atoms with Crippen LogP contribution in [0.15, 0.2) is 42.5 Å². The first-order chi connectivity index (χ1) is 12.2. The van der Waals surface area contributed by atoms with Gasteiger partial charge in [0.2, 0.25) is 5.91 Å². The fraction of sp³-hybridized carbons (Fsp3) is 0.350. The summed E-state index contributed by atoms with van der Waals surface area (Å²) in [6, 6.07) is 13.3. The molecule has 0 saturated heterocycles. The maximum absolute atomic E-state index is 12.1. The lowest BCUT2D eigenvalue weighted by Crippen LogP contribution is -2.13. The number of carbonyl (C=O) groups excluding carboxylic acids is 1. The van der Waals surface area contributed by atoms with E-state index in [0.29, 0.717) is 44.1 Å². The Morgan fingerprint density at radius 3 is 2.76 bits per heavy atom. The minimum Gasteiger partial charge on any atom is -0.493 e. The molecule has 0 bridgehead atoms. The van der Waals surface area contributed by atoms with E-state index in [-0.39, 0.29) is 5.91 Å².